The van der Waals surface area contributed by atoms with E-state index in [-0.39, 0.29) is 6.04 Å². The zero-order chi connectivity index (χ0) is 18.0. The van der Waals surface area contributed by atoms with Gasteiger partial charge in [0.2, 0.25) is 0 Å². The Bertz CT molecular complexity index is 707. The number of hydrogen-bond donors (Lipinski definition) is 1. The molecule has 6 heteroatoms. The monoisotopic (exact) mass is 336 g/mol. The maximum atomic E-state index is 13.9. The molecule has 1 N–H and O–H groups in total. The molecule has 0 bridgehead atoms. The number of anilines is 1. The van der Waals surface area contributed by atoms with Crippen LogP contribution in [0.5, 0.6) is 0 Å². The number of nitrogens with one attached hydrogen (secondary N) is 1. The van der Waals surface area contributed by atoms with Gasteiger partial charge in [-0.1, -0.05) is 19.9 Å². The summed E-state index contributed by atoms with van der Waals surface area (Å²) in [7, 11) is 5.88. The van der Waals surface area contributed by atoms with Gasteiger partial charge in [-0.2, -0.15) is 5.10 Å². The highest BCUT2D eigenvalue weighted by Gasteiger charge is 2.21. The van der Waals surface area contributed by atoms with E-state index in [1.165, 1.54) is 12.1 Å². The van der Waals surface area contributed by atoms with Crippen LogP contribution < -0.4 is 10.2 Å². The number of halogens is 2. The van der Waals surface area contributed by atoms with Crippen LogP contribution in [0.15, 0.2) is 18.2 Å². The van der Waals surface area contributed by atoms with Gasteiger partial charge < -0.3 is 10.2 Å². The second-order valence-corrected chi connectivity index (χ2v) is 6.63. The van der Waals surface area contributed by atoms with E-state index in [9.17, 15) is 8.78 Å². The summed E-state index contributed by atoms with van der Waals surface area (Å²) in [5.74, 6) is 0.225. The molecule has 0 aliphatic rings. The molecule has 0 unspecified atom stereocenters. The Balaban J connectivity index is 2.25. The van der Waals surface area contributed by atoms with Crippen LogP contribution in [-0.2, 0) is 13.6 Å². The highest BCUT2D eigenvalue weighted by atomic mass is 19.1. The minimum absolute atomic E-state index is 0.235. The molecule has 0 radical (unpaired) electrons. The predicted octanol–water partition coefficient (Wildman–Crippen LogP) is 3.74. The quantitative estimate of drug-likeness (QED) is 0.872. The van der Waals surface area contributed by atoms with Crippen LogP contribution in [0.25, 0.3) is 0 Å². The zero-order valence-electron chi connectivity index (χ0n) is 15.2. The summed E-state index contributed by atoms with van der Waals surface area (Å²) in [6.45, 7) is 6.65. The molecular weight excluding hydrogens is 310 g/mol. The largest absolute Gasteiger partial charge is 0.363 e. The Morgan fingerprint density at radius 1 is 1.21 bits per heavy atom. The lowest BCUT2D eigenvalue weighted by atomic mass is 10.0. The van der Waals surface area contributed by atoms with Gasteiger partial charge in [0.15, 0.2) is 0 Å². The molecule has 4 nitrogen and oxygen atoms in total. The predicted molar refractivity (Wildman–Crippen MR) is 93.2 cm³/mol. The SMILES string of the molecule is CC(C)c1nn(C)c(N(C)C)c1CN[C@@H](C)c1ccc(F)cc1F. The van der Waals surface area contributed by atoms with Crippen LogP contribution in [0.1, 0.15) is 49.6 Å². The molecule has 0 amide bonds. The molecule has 0 aliphatic carbocycles. The Hall–Kier alpha value is -1.95. The van der Waals surface area contributed by atoms with Crippen molar-refractivity contribution < 1.29 is 8.78 Å². The van der Waals surface area contributed by atoms with E-state index >= 15 is 0 Å². The summed E-state index contributed by atoms with van der Waals surface area (Å²) in [5, 5.41) is 7.96. The van der Waals surface area contributed by atoms with Gasteiger partial charge in [-0.15, -0.1) is 0 Å². The summed E-state index contributed by atoms with van der Waals surface area (Å²) >= 11 is 0. The fourth-order valence-electron chi connectivity index (χ4n) is 2.99. The van der Waals surface area contributed by atoms with E-state index < -0.39 is 11.6 Å². The van der Waals surface area contributed by atoms with Crippen molar-refractivity contribution in [3.05, 3.63) is 46.7 Å². The molecule has 1 aromatic carbocycles. The van der Waals surface area contributed by atoms with Crippen LogP contribution in [0.2, 0.25) is 0 Å². The van der Waals surface area contributed by atoms with Gasteiger partial charge >= 0.3 is 0 Å². The first-order valence-electron chi connectivity index (χ1n) is 8.13. The molecule has 0 saturated carbocycles. The fourth-order valence-corrected chi connectivity index (χ4v) is 2.99. The normalized spacial score (nSPS) is 12.7. The minimum Gasteiger partial charge on any atom is -0.363 e. The van der Waals surface area contributed by atoms with Gasteiger partial charge in [0, 0.05) is 50.9 Å². The van der Waals surface area contributed by atoms with Crippen LogP contribution >= 0.6 is 0 Å². The maximum Gasteiger partial charge on any atom is 0.130 e. The van der Waals surface area contributed by atoms with Gasteiger partial charge in [-0.25, -0.2) is 8.78 Å². The number of rotatable bonds is 6. The number of hydrogen-bond acceptors (Lipinski definition) is 3. The maximum absolute atomic E-state index is 13.9. The summed E-state index contributed by atoms with van der Waals surface area (Å²) in [5.41, 5.74) is 2.59. The van der Waals surface area contributed by atoms with Crippen LogP contribution in [-0.4, -0.2) is 23.9 Å². The molecule has 0 aliphatic heterocycles. The lowest BCUT2D eigenvalue weighted by Gasteiger charge is -2.19. The standard InChI is InChI=1S/C18H26F2N4/c1-11(2)17-15(18(23(4)5)24(6)22-17)10-21-12(3)14-8-7-13(19)9-16(14)20/h7-9,11-12,21H,10H2,1-6H3/t12-/m0/s1. The lowest BCUT2D eigenvalue weighted by molar-refractivity contribution is 0.516. The van der Waals surface area contributed by atoms with E-state index in [1.54, 1.807) is 0 Å². The van der Waals surface area contributed by atoms with Crippen molar-refractivity contribution in [2.45, 2.75) is 39.3 Å². The number of benzene rings is 1. The van der Waals surface area contributed by atoms with Gasteiger partial charge in [0.25, 0.3) is 0 Å². The van der Waals surface area contributed by atoms with Crippen molar-refractivity contribution in [3.8, 4) is 0 Å². The Morgan fingerprint density at radius 3 is 2.42 bits per heavy atom. The molecule has 1 heterocycles. The molecular formula is C18H26F2N4. The number of aromatic nitrogens is 2. The molecule has 1 atom stereocenters. The van der Waals surface area contributed by atoms with E-state index in [0.29, 0.717) is 18.0 Å². The zero-order valence-corrected chi connectivity index (χ0v) is 15.2. The van der Waals surface area contributed by atoms with Crippen molar-refractivity contribution in [1.82, 2.24) is 15.1 Å². The summed E-state index contributed by atoms with van der Waals surface area (Å²) in [6.07, 6.45) is 0. The molecule has 0 saturated heterocycles. The Kier molecular flexibility index (Phi) is 5.59. The highest BCUT2D eigenvalue weighted by molar-refractivity contribution is 5.50. The summed E-state index contributed by atoms with van der Waals surface area (Å²) < 4.78 is 28.9. The number of nitrogens with zero attached hydrogens (tertiary/aromatic N) is 3. The van der Waals surface area contributed by atoms with Gasteiger partial charge in [-0.3, -0.25) is 4.68 Å². The average Bonchev–Trinajstić information content (AvgIpc) is 2.81. The first-order chi connectivity index (χ1) is 11.2. The molecule has 0 fully saturated rings. The second kappa shape index (κ2) is 7.30. The van der Waals surface area contributed by atoms with Gasteiger partial charge in [-0.05, 0) is 18.9 Å². The Morgan fingerprint density at radius 2 is 1.88 bits per heavy atom. The molecule has 0 spiro atoms. The van der Waals surface area contributed by atoms with Gasteiger partial charge in [0.1, 0.15) is 17.5 Å². The van der Waals surface area contributed by atoms with Crippen LogP contribution in [0.3, 0.4) is 0 Å². The topological polar surface area (TPSA) is 33.1 Å². The molecule has 132 valence electrons. The van der Waals surface area contributed by atoms with Crippen molar-refractivity contribution in [1.29, 1.82) is 0 Å². The van der Waals surface area contributed by atoms with Gasteiger partial charge in [0.05, 0.1) is 5.69 Å². The van der Waals surface area contributed by atoms with E-state index in [1.807, 2.05) is 37.6 Å². The van der Waals surface area contributed by atoms with Crippen LogP contribution in [0, 0.1) is 11.6 Å². The molecule has 1 aromatic heterocycles. The summed E-state index contributed by atoms with van der Waals surface area (Å²) in [4.78, 5) is 2.03. The molecule has 2 aromatic rings. The first-order valence-corrected chi connectivity index (χ1v) is 8.13. The smallest absolute Gasteiger partial charge is 0.130 e. The minimum atomic E-state index is -0.562. The summed E-state index contributed by atoms with van der Waals surface area (Å²) in [6, 6.07) is 3.45. The first kappa shape index (κ1) is 18.4. The fraction of sp³-hybridized carbons (Fsp3) is 0.500. The molecule has 24 heavy (non-hydrogen) atoms. The molecule has 2 rings (SSSR count). The van der Waals surface area contributed by atoms with Crippen molar-refractivity contribution in [2.24, 2.45) is 7.05 Å². The lowest BCUT2D eigenvalue weighted by Crippen LogP contribution is -2.22. The van der Waals surface area contributed by atoms with E-state index in [2.05, 4.69) is 24.3 Å². The third kappa shape index (κ3) is 3.75. The van der Waals surface area contributed by atoms with E-state index in [0.717, 1.165) is 23.1 Å². The third-order valence-electron chi connectivity index (χ3n) is 4.13. The van der Waals surface area contributed by atoms with Crippen molar-refractivity contribution in [3.63, 3.8) is 0 Å². The van der Waals surface area contributed by atoms with Crippen molar-refractivity contribution >= 4 is 5.82 Å². The van der Waals surface area contributed by atoms with Crippen molar-refractivity contribution in [2.75, 3.05) is 19.0 Å². The average molecular weight is 336 g/mol. The number of aryl methyl sites for hydroxylation is 1. The Labute approximate surface area is 142 Å². The third-order valence-corrected chi connectivity index (χ3v) is 4.13. The highest BCUT2D eigenvalue weighted by Crippen LogP contribution is 2.28. The second-order valence-electron chi connectivity index (χ2n) is 6.63. The van der Waals surface area contributed by atoms with E-state index in [4.69, 9.17) is 0 Å². The van der Waals surface area contributed by atoms with Crippen LogP contribution in [0.4, 0.5) is 14.6 Å².